The van der Waals surface area contributed by atoms with Gasteiger partial charge < -0.3 is 15.1 Å². The van der Waals surface area contributed by atoms with Crippen molar-refractivity contribution in [1.29, 1.82) is 0 Å². The van der Waals surface area contributed by atoms with Gasteiger partial charge in [0.15, 0.2) is 0 Å². The van der Waals surface area contributed by atoms with Crippen LogP contribution in [0, 0.1) is 0 Å². The van der Waals surface area contributed by atoms with Crippen LogP contribution in [0.25, 0.3) is 0 Å². The number of aromatic nitrogens is 5. The standard InChI is InChI=1S/C14H17ClN8/c15-11-19-12(18-10-2-3-10)21-14(20-11)23-8-6-22(7-9-23)13-16-4-1-5-17-13/h1,4-5,10H,2-3,6-9H2,(H,18,19,20,21). The van der Waals surface area contributed by atoms with E-state index in [2.05, 4.69) is 40.0 Å². The summed E-state index contributed by atoms with van der Waals surface area (Å²) in [5.74, 6) is 1.95. The molecule has 4 rings (SSSR count). The van der Waals surface area contributed by atoms with Gasteiger partial charge in [-0.2, -0.15) is 15.0 Å². The number of nitrogens with zero attached hydrogens (tertiary/aromatic N) is 7. The van der Waals surface area contributed by atoms with Crippen LogP contribution in [-0.4, -0.2) is 57.1 Å². The normalized spacial score (nSPS) is 18.1. The van der Waals surface area contributed by atoms with Crippen LogP contribution in [0.2, 0.25) is 5.28 Å². The number of hydrogen-bond acceptors (Lipinski definition) is 8. The maximum absolute atomic E-state index is 6.04. The van der Waals surface area contributed by atoms with Crippen LogP contribution in [0.3, 0.4) is 0 Å². The average Bonchev–Trinajstić information content (AvgIpc) is 3.39. The number of anilines is 3. The van der Waals surface area contributed by atoms with E-state index in [0.717, 1.165) is 45.0 Å². The average molecular weight is 333 g/mol. The Morgan fingerprint density at radius 2 is 1.57 bits per heavy atom. The second-order valence-corrected chi connectivity index (χ2v) is 6.01. The van der Waals surface area contributed by atoms with E-state index >= 15 is 0 Å². The number of hydrogen-bond donors (Lipinski definition) is 1. The third-order valence-corrected chi connectivity index (χ3v) is 4.07. The van der Waals surface area contributed by atoms with Crippen molar-refractivity contribution in [2.24, 2.45) is 0 Å². The first-order valence-corrected chi connectivity index (χ1v) is 8.11. The molecule has 0 amide bonds. The third kappa shape index (κ3) is 3.42. The van der Waals surface area contributed by atoms with Crippen LogP contribution in [0.5, 0.6) is 0 Å². The Kier molecular flexibility index (Phi) is 3.82. The molecule has 1 aliphatic heterocycles. The number of rotatable bonds is 4. The molecule has 3 heterocycles. The lowest BCUT2D eigenvalue weighted by molar-refractivity contribution is 0.627. The SMILES string of the molecule is Clc1nc(NC2CC2)nc(N2CCN(c3ncccn3)CC2)n1. The third-order valence-electron chi connectivity index (χ3n) is 3.90. The summed E-state index contributed by atoms with van der Waals surface area (Å²) in [4.78, 5) is 25.8. The topological polar surface area (TPSA) is 83.0 Å². The first-order chi connectivity index (χ1) is 11.3. The highest BCUT2D eigenvalue weighted by molar-refractivity contribution is 6.28. The van der Waals surface area contributed by atoms with Crippen molar-refractivity contribution in [3.05, 3.63) is 23.7 Å². The molecular formula is C14H17ClN8. The van der Waals surface area contributed by atoms with Crippen molar-refractivity contribution in [2.45, 2.75) is 18.9 Å². The predicted octanol–water partition coefficient (Wildman–Crippen LogP) is 1.22. The van der Waals surface area contributed by atoms with Gasteiger partial charge in [0.05, 0.1) is 0 Å². The second-order valence-electron chi connectivity index (χ2n) is 5.67. The Balaban J connectivity index is 1.44. The van der Waals surface area contributed by atoms with Crippen LogP contribution in [0.1, 0.15) is 12.8 Å². The molecule has 1 N–H and O–H groups in total. The molecule has 2 aliphatic rings. The van der Waals surface area contributed by atoms with Crippen LogP contribution in [-0.2, 0) is 0 Å². The first-order valence-electron chi connectivity index (χ1n) is 7.73. The molecule has 0 bridgehead atoms. The molecule has 0 radical (unpaired) electrons. The van der Waals surface area contributed by atoms with Crippen molar-refractivity contribution in [3.63, 3.8) is 0 Å². The van der Waals surface area contributed by atoms with E-state index in [9.17, 15) is 0 Å². The summed E-state index contributed by atoms with van der Waals surface area (Å²) in [6, 6.07) is 2.30. The van der Waals surface area contributed by atoms with Gasteiger partial charge in [-0.05, 0) is 30.5 Å². The zero-order valence-electron chi connectivity index (χ0n) is 12.6. The largest absolute Gasteiger partial charge is 0.351 e. The summed E-state index contributed by atoms with van der Waals surface area (Å²) in [7, 11) is 0. The summed E-state index contributed by atoms with van der Waals surface area (Å²) in [6.07, 6.45) is 5.84. The molecule has 120 valence electrons. The fourth-order valence-electron chi connectivity index (χ4n) is 2.52. The maximum Gasteiger partial charge on any atom is 0.231 e. The smallest absolute Gasteiger partial charge is 0.231 e. The Hall–Kier alpha value is -2.22. The van der Waals surface area contributed by atoms with Gasteiger partial charge in [-0.15, -0.1) is 0 Å². The van der Waals surface area contributed by atoms with Crippen molar-refractivity contribution >= 4 is 29.4 Å². The zero-order chi connectivity index (χ0) is 15.6. The van der Waals surface area contributed by atoms with Gasteiger partial charge >= 0.3 is 0 Å². The minimum Gasteiger partial charge on any atom is -0.351 e. The molecule has 2 aromatic rings. The van der Waals surface area contributed by atoms with Crippen molar-refractivity contribution in [2.75, 3.05) is 41.3 Å². The first kappa shape index (κ1) is 14.4. The van der Waals surface area contributed by atoms with Gasteiger partial charge in [0.1, 0.15) is 0 Å². The molecule has 0 aromatic carbocycles. The second kappa shape index (κ2) is 6.11. The minimum absolute atomic E-state index is 0.229. The van der Waals surface area contributed by atoms with Crippen LogP contribution < -0.4 is 15.1 Å². The van der Waals surface area contributed by atoms with Gasteiger partial charge in [0.25, 0.3) is 0 Å². The molecule has 23 heavy (non-hydrogen) atoms. The van der Waals surface area contributed by atoms with E-state index in [0.29, 0.717) is 17.9 Å². The van der Waals surface area contributed by atoms with E-state index in [-0.39, 0.29) is 5.28 Å². The quantitative estimate of drug-likeness (QED) is 0.894. The molecule has 0 spiro atoms. The predicted molar refractivity (Wildman–Crippen MR) is 87.9 cm³/mol. The van der Waals surface area contributed by atoms with Crippen molar-refractivity contribution in [3.8, 4) is 0 Å². The Morgan fingerprint density at radius 3 is 2.22 bits per heavy atom. The number of halogens is 1. The van der Waals surface area contributed by atoms with Gasteiger partial charge in [0.2, 0.25) is 23.1 Å². The number of nitrogens with one attached hydrogen (secondary N) is 1. The molecule has 2 aromatic heterocycles. The molecule has 1 saturated heterocycles. The fourth-order valence-corrected chi connectivity index (χ4v) is 2.67. The van der Waals surface area contributed by atoms with Gasteiger partial charge in [-0.1, -0.05) is 0 Å². The molecule has 1 aliphatic carbocycles. The van der Waals surface area contributed by atoms with Crippen molar-refractivity contribution in [1.82, 2.24) is 24.9 Å². The Morgan fingerprint density at radius 1 is 0.913 bits per heavy atom. The monoisotopic (exact) mass is 332 g/mol. The lowest BCUT2D eigenvalue weighted by atomic mass is 10.3. The molecule has 0 unspecified atom stereocenters. The van der Waals surface area contributed by atoms with E-state index < -0.39 is 0 Å². The highest BCUT2D eigenvalue weighted by Crippen LogP contribution is 2.24. The zero-order valence-corrected chi connectivity index (χ0v) is 13.3. The summed E-state index contributed by atoms with van der Waals surface area (Å²) >= 11 is 6.04. The lowest BCUT2D eigenvalue weighted by Gasteiger charge is -2.34. The molecule has 9 heteroatoms. The van der Waals surface area contributed by atoms with E-state index in [4.69, 9.17) is 11.6 Å². The highest BCUT2D eigenvalue weighted by atomic mass is 35.5. The molecule has 0 atom stereocenters. The number of piperazine rings is 1. The Bertz CT molecular complexity index is 670. The molecule has 1 saturated carbocycles. The summed E-state index contributed by atoms with van der Waals surface area (Å²) in [6.45, 7) is 3.22. The van der Waals surface area contributed by atoms with Crippen LogP contribution in [0.4, 0.5) is 17.8 Å². The highest BCUT2D eigenvalue weighted by Gasteiger charge is 2.24. The van der Waals surface area contributed by atoms with Crippen LogP contribution in [0.15, 0.2) is 18.5 Å². The summed E-state index contributed by atoms with van der Waals surface area (Å²) in [5.41, 5.74) is 0. The maximum atomic E-state index is 6.04. The van der Waals surface area contributed by atoms with E-state index in [1.54, 1.807) is 12.4 Å². The van der Waals surface area contributed by atoms with E-state index in [1.165, 1.54) is 0 Å². The summed E-state index contributed by atoms with van der Waals surface area (Å²) < 4.78 is 0. The molecular weight excluding hydrogens is 316 g/mol. The van der Waals surface area contributed by atoms with Crippen molar-refractivity contribution < 1.29 is 0 Å². The van der Waals surface area contributed by atoms with Gasteiger partial charge in [-0.25, -0.2) is 9.97 Å². The Labute approximate surface area is 139 Å². The van der Waals surface area contributed by atoms with Gasteiger partial charge in [-0.3, -0.25) is 0 Å². The summed E-state index contributed by atoms with van der Waals surface area (Å²) in [5, 5.41) is 3.50. The molecule has 2 fully saturated rings. The molecule has 8 nitrogen and oxygen atoms in total. The minimum atomic E-state index is 0.229. The fraction of sp³-hybridized carbons (Fsp3) is 0.500. The van der Waals surface area contributed by atoms with Gasteiger partial charge in [0, 0.05) is 44.6 Å². The van der Waals surface area contributed by atoms with E-state index in [1.807, 2.05) is 6.07 Å². The lowest BCUT2D eigenvalue weighted by Crippen LogP contribution is -2.47. The van der Waals surface area contributed by atoms with Crippen LogP contribution >= 0.6 is 11.6 Å².